The van der Waals surface area contributed by atoms with Crippen LogP contribution in [0.25, 0.3) is 11.0 Å². The van der Waals surface area contributed by atoms with E-state index in [2.05, 4.69) is 5.43 Å². The fourth-order valence-electron chi connectivity index (χ4n) is 1.86. The maximum atomic E-state index is 11.9. The summed E-state index contributed by atoms with van der Waals surface area (Å²) in [6.07, 6.45) is 0. The van der Waals surface area contributed by atoms with Crippen LogP contribution in [0.3, 0.4) is 0 Å². The molecule has 0 bridgehead atoms. The normalized spacial score (nSPS) is 12.6. The Morgan fingerprint density at radius 2 is 2.21 bits per heavy atom. The molecule has 1 aromatic heterocycles. The second kappa shape index (κ2) is 6.10. The van der Waals surface area contributed by atoms with Gasteiger partial charge < -0.3 is 10.2 Å². The lowest BCUT2D eigenvalue weighted by atomic mass is 10.1. The van der Waals surface area contributed by atoms with E-state index in [1.165, 1.54) is 0 Å². The number of hydrazine groups is 1. The van der Waals surface area contributed by atoms with Crippen molar-refractivity contribution >= 4 is 28.6 Å². The van der Waals surface area contributed by atoms with Gasteiger partial charge in [0.1, 0.15) is 11.3 Å². The third-order valence-electron chi connectivity index (χ3n) is 2.64. The molecule has 0 saturated carbocycles. The van der Waals surface area contributed by atoms with Gasteiger partial charge in [-0.25, -0.2) is 5.84 Å². The van der Waals surface area contributed by atoms with Crippen LogP contribution in [0.15, 0.2) is 28.7 Å². The topological polar surface area (TPSA) is 94.3 Å². The molecule has 1 amide bonds. The molecule has 102 valence electrons. The highest BCUT2D eigenvalue weighted by Crippen LogP contribution is 2.28. The minimum Gasteiger partial charge on any atom is -0.459 e. The number of carbonyl (C=O) groups excluding carboxylic acids is 1. The minimum absolute atomic E-state index is 0.112. The van der Waals surface area contributed by atoms with Crippen molar-refractivity contribution in [1.29, 1.82) is 0 Å². The number of hydrogen-bond acceptors (Lipinski definition) is 5. The predicted molar refractivity (Wildman–Crippen MR) is 77.7 cm³/mol. The standard InChI is InChI=1S/C13H17N3O2S/c1-8(14)6-19-7-11-12(13(17)16-15)9-4-2-3-5-10(9)18-11/h2-5,8H,6-7,14-15H2,1H3,(H,16,17). The first-order valence-corrected chi connectivity index (χ1v) is 7.13. The van der Waals surface area contributed by atoms with Gasteiger partial charge in [-0.3, -0.25) is 10.2 Å². The number of hydrogen-bond donors (Lipinski definition) is 3. The molecule has 1 heterocycles. The maximum absolute atomic E-state index is 11.9. The van der Waals surface area contributed by atoms with Gasteiger partial charge in [-0.15, -0.1) is 0 Å². The summed E-state index contributed by atoms with van der Waals surface area (Å²) in [5, 5.41) is 0.779. The molecular formula is C13H17N3O2S. The fourth-order valence-corrected chi connectivity index (χ4v) is 2.73. The molecule has 5 N–H and O–H groups in total. The summed E-state index contributed by atoms with van der Waals surface area (Å²) in [5.74, 6) is 6.94. The summed E-state index contributed by atoms with van der Waals surface area (Å²) in [6.45, 7) is 1.94. The minimum atomic E-state index is -0.332. The van der Waals surface area contributed by atoms with Gasteiger partial charge in [-0.2, -0.15) is 11.8 Å². The summed E-state index contributed by atoms with van der Waals surface area (Å²) in [4.78, 5) is 11.9. The zero-order chi connectivity index (χ0) is 13.8. The molecule has 0 saturated heterocycles. The molecule has 1 atom stereocenters. The number of furan rings is 1. The Balaban J connectivity index is 2.33. The van der Waals surface area contributed by atoms with E-state index < -0.39 is 0 Å². The largest absolute Gasteiger partial charge is 0.459 e. The number of nitrogens with two attached hydrogens (primary N) is 2. The molecule has 2 aromatic rings. The summed E-state index contributed by atoms with van der Waals surface area (Å²) < 4.78 is 5.73. The molecule has 0 fully saturated rings. The number of fused-ring (bicyclic) bond motifs is 1. The van der Waals surface area contributed by atoms with Gasteiger partial charge in [0.25, 0.3) is 5.91 Å². The molecule has 2 rings (SSSR count). The van der Waals surface area contributed by atoms with Crippen LogP contribution in [-0.4, -0.2) is 17.7 Å². The van der Waals surface area contributed by atoms with Crippen molar-refractivity contribution in [2.75, 3.05) is 5.75 Å². The monoisotopic (exact) mass is 279 g/mol. The summed E-state index contributed by atoms with van der Waals surface area (Å²) in [7, 11) is 0. The molecule has 1 unspecified atom stereocenters. The van der Waals surface area contributed by atoms with Crippen LogP contribution >= 0.6 is 11.8 Å². The number of nitrogens with one attached hydrogen (secondary N) is 1. The van der Waals surface area contributed by atoms with Crippen LogP contribution in [0.2, 0.25) is 0 Å². The van der Waals surface area contributed by atoms with Crippen molar-refractivity contribution in [3.63, 3.8) is 0 Å². The zero-order valence-corrected chi connectivity index (χ0v) is 11.5. The number of benzene rings is 1. The summed E-state index contributed by atoms with van der Waals surface area (Å²) in [5.41, 5.74) is 9.07. The van der Waals surface area contributed by atoms with Gasteiger partial charge in [0.15, 0.2) is 0 Å². The average molecular weight is 279 g/mol. The first-order chi connectivity index (χ1) is 9.13. The van der Waals surface area contributed by atoms with E-state index in [0.717, 1.165) is 11.1 Å². The lowest BCUT2D eigenvalue weighted by Gasteiger charge is -2.04. The van der Waals surface area contributed by atoms with Crippen LogP contribution in [-0.2, 0) is 5.75 Å². The Labute approximate surface area is 115 Å². The third kappa shape index (κ3) is 3.09. The van der Waals surface area contributed by atoms with E-state index in [1.807, 2.05) is 31.2 Å². The van der Waals surface area contributed by atoms with Crippen molar-refractivity contribution in [3.8, 4) is 0 Å². The van der Waals surface area contributed by atoms with Crippen molar-refractivity contribution < 1.29 is 9.21 Å². The Kier molecular flexibility index (Phi) is 4.47. The lowest BCUT2D eigenvalue weighted by Crippen LogP contribution is -2.30. The van der Waals surface area contributed by atoms with Crippen LogP contribution in [0.5, 0.6) is 0 Å². The highest BCUT2D eigenvalue weighted by molar-refractivity contribution is 7.98. The van der Waals surface area contributed by atoms with E-state index in [0.29, 0.717) is 22.7 Å². The number of carbonyl (C=O) groups is 1. The van der Waals surface area contributed by atoms with Crippen molar-refractivity contribution in [2.45, 2.75) is 18.7 Å². The van der Waals surface area contributed by atoms with Crippen LogP contribution < -0.4 is 17.0 Å². The quantitative estimate of drug-likeness (QED) is 0.439. The van der Waals surface area contributed by atoms with E-state index in [9.17, 15) is 4.79 Å². The van der Waals surface area contributed by atoms with Gasteiger partial charge in [0, 0.05) is 17.2 Å². The van der Waals surface area contributed by atoms with Gasteiger partial charge >= 0.3 is 0 Å². The highest BCUT2D eigenvalue weighted by Gasteiger charge is 2.19. The molecule has 0 aliphatic carbocycles. The number of thioether (sulfide) groups is 1. The van der Waals surface area contributed by atoms with Gasteiger partial charge in [0.2, 0.25) is 0 Å². The highest BCUT2D eigenvalue weighted by atomic mass is 32.2. The van der Waals surface area contributed by atoms with Crippen LogP contribution in [0.1, 0.15) is 23.0 Å². The third-order valence-corrected chi connectivity index (χ3v) is 3.87. The Morgan fingerprint density at radius 3 is 2.89 bits per heavy atom. The fraction of sp³-hybridized carbons (Fsp3) is 0.308. The van der Waals surface area contributed by atoms with Gasteiger partial charge in [0.05, 0.1) is 11.3 Å². The van der Waals surface area contributed by atoms with E-state index in [-0.39, 0.29) is 11.9 Å². The second-order valence-electron chi connectivity index (χ2n) is 4.36. The zero-order valence-electron chi connectivity index (χ0n) is 10.7. The predicted octanol–water partition coefficient (Wildman–Crippen LogP) is 1.62. The number of nitrogen functional groups attached to an aromatic ring is 1. The number of amides is 1. The molecule has 1 aromatic carbocycles. The van der Waals surface area contributed by atoms with Gasteiger partial charge in [-0.05, 0) is 13.0 Å². The first-order valence-electron chi connectivity index (χ1n) is 5.98. The lowest BCUT2D eigenvalue weighted by molar-refractivity contribution is 0.0953. The summed E-state index contributed by atoms with van der Waals surface area (Å²) >= 11 is 1.63. The van der Waals surface area contributed by atoms with E-state index in [1.54, 1.807) is 11.8 Å². The van der Waals surface area contributed by atoms with Crippen LogP contribution in [0.4, 0.5) is 0 Å². The average Bonchev–Trinajstić information content (AvgIpc) is 2.75. The molecule has 0 radical (unpaired) electrons. The molecule has 0 aliphatic rings. The second-order valence-corrected chi connectivity index (χ2v) is 5.39. The van der Waals surface area contributed by atoms with E-state index in [4.69, 9.17) is 16.0 Å². The number of para-hydroxylation sites is 1. The summed E-state index contributed by atoms with van der Waals surface area (Å²) in [6, 6.07) is 7.53. The van der Waals surface area contributed by atoms with Crippen molar-refractivity contribution in [1.82, 2.24) is 5.43 Å². The molecule has 0 spiro atoms. The molecule has 6 heteroatoms. The Hall–Kier alpha value is -1.50. The smallest absolute Gasteiger partial charge is 0.269 e. The number of rotatable bonds is 5. The molecule has 19 heavy (non-hydrogen) atoms. The van der Waals surface area contributed by atoms with Crippen molar-refractivity contribution in [2.24, 2.45) is 11.6 Å². The van der Waals surface area contributed by atoms with E-state index >= 15 is 0 Å². The molecular weight excluding hydrogens is 262 g/mol. The maximum Gasteiger partial charge on any atom is 0.269 e. The first kappa shape index (κ1) is 13.9. The SMILES string of the molecule is CC(N)CSCc1oc2ccccc2c1C(=O)NN. The Morgan fingerprint density at radius 1 is 1.47 bits per heavy atom. The molecule has 5 nitrogen and oxygen atoms in total. The van der Waals surface area contributed by atoms with Crippen molar-refractivity contribution in [3.05, 3.63) is 35.6 Å². The van der Waals surface area contributed by atoms with Crippen LogP contribution in [0, 0.1) is 0 Å². The van der Waals surface area contributed by atoms with Gasteiger partial charge in [-0.1, -0.05) is 18.2 Å². The molecule has 0 aliphatic heterocycles. The Bertz CT molecular complexity index is 580.